The maximum Gasteiger partial charge on any atom is 0.283 e. The third-order valence-corrected chi connectivity index (χ3v) is 6.68. The molecule has 0 bridgehead atoms. The zero-order valence-electron chi connectivity index (χ0n) is 17.4. The van der Waals surface area contributed by atoms with E-state index in [1.54, 1.807) is 24.3 Å². The number of amides is 1. The number of aromatic nitrogens is 1. The number of carbonyl (C=O) groups is 1. The zero-order valence-corrected chi connectivity index (χ0v) is 19.7. The van der Waals surface area contributed by atoms with Crippen LogP contribution in [-0.4, -0.2) is 31.5 Å². The summed E-state index contributed by atoms with van der Waals surface area (Å²) in [6, 6.07) is 7.25. The molecule has 2 aliphatic rings. The highest BCUT2D eigenvalue weighted by atomic mass is 35.5. The lowest BCUT2D eigenvalue weighted by molar-refractivity contribution is -0.114. The number of nitrogens with one attached hydrogen (secondary N) is 1. The molecule has 0 spiro atoms. The Morgan fingerprint density at radius 3 is 2.74 bits per heavy atom. The summed E-state index contributed by atoms with van der Waals surface area (Å²) < 4.78 is 1.99. The van der Waals surface area contributed by atoms with Crippen LogP contribution in [0.1, 0.15) is 43.1 Å². The highest BCUT2D eigenvalue weighted by molar-refractivity contribution is 8.26. The van der Waals surface area contributed by atoms with E-state index in [9.17, 15) is 4.79 Å². The lowest BCUT2D eigenvalue weighted by Gasteiger charge is -2.20. The van der Waals surface area contributed by atoms with Gasteiger partial charge >= 0.3 is 0 Å². The van der Waals surface area contributed by atoms with Gasteiger partial charge in [-0.25, -0.2) is 0 Å². The Bertz CT molecular complexity index is 1190. The van der Waals surface area contributed by atoms with Gasteiger partial charge in [0.05, 0.1) is 16.3 Å². The number of benzene rings is 1. The summed E-state index contributed by atoms with van der Waals surface area (Å²) in [4.78, 5) is 16.9. The fourth-order valence-electron chi connectivity index (χ4n) is 3.58. The lowest BCUT2D eigenvalue weighted by atomic mass is 10.1. The normalized spacial score (nSPS) is 17.3. The standard InChI is InChI=1S/C22H21Cl2N5OS/c1-4-5-6-19-27-29-20(25)16(21(30)26-22(29)31-19)10-14-9-12(2)28(13(14)3)18-11-15(23)7-8-17(18)24/h7-11,25H,4-6H2,1-3H3. The van der Waals surface area contributed by atoms with Crippen molar-refractivity contribution in [3.05, 3.63) is 56.8 Å². The van der Waals surface area contributed by atoms with E-state index in [4.69, 9.17) is 28.6 Å². The average Bonchev–Trinajstić information content (AvgIpc) is 3.25. The van der Waals surface area contributed by atoms with Crippen LogP contribution in [0.2, 0.25) is 10.0 Å². The quantitative estimate of drug-likeness (QED) is 0.524. The van der Waals surface area contributed by atoms with Crippen molar-refractivity contribution in [1.82, 2.24) is 9.58 Å². The van der Waals surface area contributed by atoms with Gasteiger partial charge < -0.3 is 4.57 Å². The van der Waals surface area contributed by atoms with E-state index in [0.717, 1.165) is 46.9 Å². The van der Waals surface area contributed by atoms with Gasteiger partial charge in [0.25, 0.3) is 5.91 Å². The molecule has 0 unspecified atom stereocenters. The molecular weight excluding hydrogens is 453 g/mol. The van der Waals surface area contributed by atoms with Crippen LogP contribution in [-0.2, 0) is 4.79 Å². The monoisotopic (exact) mass is 473 g/mol. The van der Waals surface area contributed by atoms with Crippen molar-refractivity contribution >= 4 is 63.0 Å². The van der Waals surface area contributed by atoms with E-state index in [1.807, 2.05) is 24.5 Å². The molecule has 0 radical (unpaired) electrons. The topological polar surface area (TPSA) is 73.8 Å². The number of thioether (sulfide) groups is 1. The molecule has 0 fully saturated rings. The van der Waals surface area contributed by atoms with E-state index in [1.165, 1.54) is 16.8 Å². The van der Waals surface area contributed by atoms with Crippen molar-refractivity contribution in [1.29, 1.82) is 5.41 Å². The fourth-order valence-corrected chi connectivity index (χ4v) is 4.87. The number of rotatable bonds is 5. The van der Waals surface area contributed by atoms with Gasteiger partial charge in [-0.3, -0.25) is 10.2 Å². The van der Waals surface area contributed by atoms with Crippen molar-refractivity contribution < 1.29 is 4.79 Å². The summed E-state index contributed by atoms with van der Waals surface area (Å²) in [6.45, 7) is 6.01. The first kappa shape index (κ1) is 21.9. The minimum absolute atomic E-state index is 0.0413. The van der Waals surface area contributed by atoms with Gasteiger partial charge in [-0.15, -0.1) is 0 Å². The van der Waals surface area contributed by atoms with Crippen LogP contribution in [0, 0.1) is 19.3 Å². The van der Waals surface area contributed by atoms with Gasteiger partial charge in [0.15, 0.2) is 5.84 Å². The van der Waals surface area contributed by atoms with Crippen LogP contribution in [0.3, 0.4) is 0 Å². The molecule has 160 valence electrons. The molecule has 0 saturated heterocycles. The van der Waals surface area contributed by atoms with Gasteiger partial charge in [0, 0.05) is 16.4 Å². The number of aryl methyl sites for hydroxylation is 1. The molecule has 6 nitrogen and oxygen atoms in total. The molecule has 0 aliphatic carbocycles. The summed E-state index contributed by atoms with van der Waals surface area (Å²) in [5.41, 5.74) is 3.60. The molecule has 1 amide bonds. The Hall–Kier alpha value is -2.35. The number of hydrogen-bond donors (Lipinski definition) is 1. The number of carbonyl (C=O) groups excluding carboxylic acids is 1. The Morgan fingerprint density at radius 1 is 1.23 bits per heavy atom. The molecule has 31 heavy (non-hydrogen) atoms. The first-order chi connectivity index (χ1) is 14.8. The second-order valence-electron chi connectivity index (χ2n) is 7.37. The van der Waals surface area contributed by atoms with E-state index >= 15 is 0 Å². The van der Waals surface area contributed by atoms with Gasteiger partial charge in [0.2, 0.25) is 5.17 Å². The number of halogens is 2. The van der Waals surface area contributed by atoms with Crippen molar-refractivity contribution in [2.45, 2.75) is 40.0 Å². The van der Waals surface area contributed by atoms with Crippen LogP contribution in [0.4, 0.5) is 0 Å². The molecule has 2 aliphatic heterocycles. The Labute approximate surface area is 195 Å². The predicted molar refractivity (Wildman–Crippen MR) is 130 cm³/mol. The fraction of sp³-hybridized carbons (Fsp3) is 0.273. The lowest BCUT2D eigenvalue weighted by Crippen LogP contribution is -2.35. The number of nitrogens with zero attached hydrogens (tertiary/aromatic N) is 4. The van der Waals surface area contributed by atoms with Crippen molar-refractivity contribution in [2.75, 3.05) is 0 Å². The van der Waals surface area contributed by atoms with Crippen molar-refractivity contribution in [3.8, 4) is 5.69 Å². The number of unbranched alkanes of at least 4 members (excludes halogenated alkanes) is 1. The summed E-state index contributed by atoms with van der Waals surface area (Å²) in [5, 5.41) is 17.0. The van der Waals surface area contributed by atoms with Crippen LogP contribution in [0.5, 0.6) is 0 Å². The minimum atomic E-state index is -0.429. The van der Waals surface area contributed by atoms with Crippen LogP contribution in [0.15, 0.2) is 39.9 Å². The third kappa shape index (κ3) is 4.10. The van der Waals surface area contributed by atoms with E-state index in [2.05, 4.69) is 17.0 Å². The molecule has 4 rings (SSSR count). The number of amidine groups is 2. The first-order valence-corrected chi connectivity index (χ1v) is 11.5. The maximum atomic E-state index is 12.7. The van der Waals surface area contributed by atoms with Gasteiger partial charge in [0.1, 0.15) is 5.04 Å². The zero-order chi connectivity index (χ0) is 22.3. The Kier molecular flexibility index (Phi) is 6.10. The van der Waals surface area contributed by atoms with Crippen molar-refractivity contribution in [2.24, 2.45) is 10.1 Å². The molecule has 9 heteroatoms. The molecule has 0 atom stereocenters. The molecule has 2 aromatic rings. The summed E-state index contributed by atoms with van der Waals surface area (Å²) in [6.07, 6.45) is 4.58. The summed E-state index contributed by atoms with van der Waals surface area (Å²) >= 11 is 14.0. The van der Waals surface area contributed by atoms with Crippen LogP contribution < -0.4 is 0 Å². The SMILES string of the molecule is CCCCC1=NN2C(=N)C(=Cc3cc(C)n(-c4cc(Cl)ccc4Cl)c3C)C(=O)N=C2S1. The van der Waals surface area contributed by atoms with Gasteiger partial charge in [-0.2, -0.15) is 15.1 Å². The van der Waals surface area contributed by atoms with Gasteiger partial charge in [-0.05, 0) is 74.4 Å². The van der Waals surface area contributed by atoms with Crippen LogP contribution >= 0.6 is 35.0 Å². The highest BCUT2D eigenvalue weighted by Crippen LogP contribution is 2.32. The molecule has 1 aromatic carbocycles. The Morgan fingerprint density at radius 2 is 2.00 bits per heavy atom. The minimum Gasteiger partial charge on any atom is -0.316 e. The second kappa shape index (κ2) is 8.65. The first-order valence-electron chi connectivity index (χ1n) is 9.93. The average molecular weight is 474 g/mol. The number of hydrogen-bond acceptors (Lipinski definition) is 4. The van der Waals surface area contributed by atoms with Gasteiger partial charge in [-0.1, -0.05) is 36.5 Å². The van der Waals surface area contributed by atoms with E-state index in [0.29, 0.717) is 15.2 Å². The summed E-state index contributed by atoms with van der Waals surface area (Å²) in [7, 11) is 0. The molecule has 3 heterocycles. The smallest absolute Gasteiger partial charge is 0.283 e. The Balaban J connectivity index is 1.72. The summed E-state index contributed by atoms with van der Waals surface area (Å²) in [5.74, 6) is -0.388. The molecule has 0 saturated carbocycles. The molecule has 1 N–H and O–H groups in total. The third-order valence-electron chi connectivity index (χ3n) is 5.16. The van der Waals surface area contributed by atoms with Crippen LogP contribution in [0.25, 0.3) is 11.8 Å². The number of hydrazone groups is 1. The highest BCUT2D eigenvalue weighted by Gasteiger charge is 2.35. The van der Waals surface area contributed by atoms with Crippen molar-refractivity contribution in [3.63, 3.8) is 0 Å². The molecular formula is C22H21Cl2N5OS. The van der Waals surface area contributed by atoms with E-state index in [-0.39, 0.29) is 11.4 Å². The van der Waals surface area contributed by atoms with E-state index < -0.39 is 5.91 Å². The molecule has 1 aromatic heterocycles. The second-order valence-corrected chi connectivity index (χ2v) is 9.26. The predicted octanol–water partition coefficient (Wildman–Crippen LogP) is 6.21. The number of aliphatic imine (C=N–C) groups is 1. The number of fused-ring (bicyclic) bond motifs is 1. The maximum absolute atomic E-state index is 12.7. The largest absolute Gasteiger partial charge is 0.316 e.